The molecule has 0 aliphatic heterocycles. The first-order chi connectivity index (χ1) is 15.9. The molecule has 0 aliphatic carbocycles. The second-order valence-corrected chi connectivity index (χ2v) is 10.0. The highest BCUT2D eigenvalue weighted by molar-refractivity contribution is 7.54. The first-order valence-electron chi connectivity index (χ1n) is 11.2. The number of carbonyl (C=O) groups excluding carboxylic acids is 1. The van der Waals surface area contributed by atoms with Crippen molar-refractivity contribution in [1.82, 2.24) is 5.32 Å². The van der Waals surface area contributed by atoms with E-state index in [1.54, 1.807) is 21.0 Å². The number of rotatable bonds is 11. The Morgan fingerprint density at radius 3 is 2.21 bits per heavy atom. The van der Waals surface area contributed by atoms with Crippen LogP contribution in [0.2, 0.25) is 0 Å². The zero-order chi connectivity index (χ0) is 23.8. The van der Waals surface area contributed by atoms with Gasteiger partial charge in [0.15, 0.2) is 0 Å². The first-order valence-corrected chi connectivity index (χ1v) is 12.8. The van der Waals surface area contributed by atoms with Crippen molar-refractivity contribution in [2.75, 3.05) is 20.3 Å². The molecule has 0 aromatic heterocycles. The molecule has 33 heavy (non-hydrogen) atoms. The van der Waals surface area contributed by atoms with Gasteiger partial charge in [-0.3, -0.25) is 9.36 Å². The molecule has 0 saturated heterocycles. The van der Waals surface area contributed by atoms with Crippen LogP contribution in [-0.2, 0) is 24.8 Å². The minimum atomic E-state index is -3.57. The lowest BCUT2D eigenvalue weighted by Crippen LogP contribution is -2.39. The summed E-state index contributed by atoms with van der Waals surface area (Å²) in [5.41, 5.74) is 1.81. The zero-order valence-electron chi connectivity index (χ0n) is 19.6. The monoisotopic (exact) mass is 469 g/mol. The molecule has 0 fully saturated rings. The highest BCUT2D eigenvalue weighted by Crippen LogP contribution is 2.53. The maximum absolute atomic E-state index is 13.6. The lowest BCUT2D eigenvalue weighted by atomic mass is 9.97. The van der Waals surface area contributed by atoms with Crippen molar-refractivity contribution in [2.24, 2.45) is 0 Å². The fourth-order valence-corrected chi connectivity index (χ4v) is 5.61. The second-order valence-electron chi connectivity index (χ2n) is 7.78. The Kier molecular flexibility index (Phi) is 8.67. The fraction of sp³-hybridized carbons (Fsp3) is 0.346. The van der Waals surface area contributed by atoms with Crippen molar-refractivity contribution in [3.8, 4) is 5.75 Å². The van der Waals surface area contributed by atoms with E-state index in [1.165, 1.54) is 0 Å². The van der Waals surface area contributed by atoms with Crippen LogP contribution in [0.25, 0.3) is 10.8 Å². The third kappa shape index (κ3) is 6.23. The molecule has 0 bridgehead atoms. The molecule has 7 heteroatoms. The number of benzene rings is 3. The molecule has 2 atom stereocenters. The average Bonchev–Trinajstić information content (AvgIpc) is 2.83. The molecular weight excluding hydrogens is 437 g/mol. The molecule has 1 N–H and O–H groups in total. The number of nitrogens with one attached hydrogen (secondary N) is 1. The van der Waals surface area contributed by atoms with Gasteiger partial charge in [-0.1, -0.05) is 54.6 Å². The summed E-state index contributed by atoms with van der Waals surface area (Å²) < 4.78 is 30.0. The zero-order valence-corrected chi connectivity index (χ0v) is 20.5. The van der Waals surface area contributed by atoms with Crippen molar-refractivity contribution < 1.29 is 23.1 Å². The molecule has 0 radical (unpaired) electrons. The molecule has 0 aliphatic rings. The number of amides is 1. The van der Waals surface area contributed by atoms with Crippen LogP contribution in [0.1, 0.15) is 37.8 Å². The van der Waals surface area contributed by atoms with E-state index in [0.717, 1.165) is 27.6 Å². The predicted octanol–water partition coefficient (Wildman–Crippen LogP) is 5.90. The lowest BCUT2D eigenvalue weighted by molar-refractivity contribution is -0.122. The third-order valence-electron chi connectivity index (χ3n) is 5.55. The highest BCUT2D eigenvalue weighted by atomic mass is 31.2. The van der Waals surface area contributed by atoms with Gasteiger partial charge in [-0.2, -0.15) is 0 Å². The summed E-state index contributed by atoms with van der Waals surface area (Å²) in [6, 6.07) is 21.3. The van der Waals surface area contributed by atoms with Gasteiger partial charge >= 0.3 is 7.60 Å². The topological polar surface area (TPSA) is 73.9 Å². The standard InChI is InChI=1S/C26H32NO5P/c1-5-31-33(29,32-6-2)25(16-20-10-8-7-9-11-20)27-26(28)19(3)21-12-13-23-18-24(30-4)15-14-22(23)17-21/h7-15,17-19,25H,5-6,16H2,1-4H3,(H,27,28)/t19-,25+/m1/s1. The lowest BCUT2D eigenvalue weighted by Gasteiger charge is -2.28. The predicted molar refractivity (Wildman–Crippen MR) is 132 cm³/mol. The van der Waals surface area contributed by atoms with Gasteiger partial charge in [-0.15, -0.1) is 0 Å². The van der Waals surface area contributed by atoms with Crippen LogP contribution in [-0.4, -0.2) is 32.0 Å². The molecular formula is C26H32NO5P. The van der Waals surface area contributed by atoms with Gasteiger partial charge in [0.25, 0.3) is 0 Å². The van der Waals surface area contributed by atoms with Crippen molar-refractivity contribution in [1.29, 1.82) is 0 Å². The number of hydrogen-bond acceptors (Lipinski definition) is 5. The van der Waals surface area contributed by atoms with Gasteiger partial charge in [0.2, 0.25) is 5.91 Å². The number of methoxy groups -OCH3 is 1. The SMILES string of the molecule is CCOP(=O)(OCC)[C@@H](Cc1ccccc1)NC(=O)[C@H](C)c1ccc2cc(OC)ccc2c1. The van der Waals surface area contributed by atoms with Gasteiger partial charge < -0.3 is 19.1 Å². The fourth-order valence-electron chi connectivity index (χ4n) is 3.74. The largest absolute Gasteiger partial charge is 0.497 e. The van der Waals surface area contributed by atoms with Gasteiger partial charge in [0, 0.05) is 6.42 Å². The Balaban J connectivity index is 1.85. The van der Waals surface area contributed by atoms with E-state index in [9.17, 15) is 9.36 Å². The van der Waals surface area contributed by atoms with Crippen molar-refractivity contribution in [2.45, 2.75) is 38.9 Å². The molecule has 0 saturated carbocycles. The number of carbonyl (C=O) groups is 1. The average molecular weight is 470 g/mol. The van der Waals surface area contributed by atoms with E-state index in [-0.39, 0.29) is 19.1 Å². The maximum atomic E-state index is 13.6. The van der Waals surface area contributed by atoms with Crippen LogP contribution in [0.3, 0.4) is 0 Å². The Hall–Kier alpha value is -2.66. The van der Waals surface area contributed by atoms with E-state index in [0.29, 0.717) is 6.42 Å². The van der Waals surface area contributed by atoms with Crippen molar-refractivity contribution in [3.05, 3.63) is 77.9 Å². The first kappa shape index (κ1) is 25.0. The summed E-state index contributed by atoms with van der Waals surface area (Å²) in [6.45, 7) is 5.82. The van der Waals surface area contributed by atoms with E-state index in [1.807, 2.05) is 73.7 Å². The highest BCUT2D eigenvalue weighted by Gasteiger charge is 2.37. The van der Waals surface area contributed by atoms with E-state index in [4.69, 9.17) is 13.8 Å². The molecule has 0 spiro atoms. The molecule has 1 amide bonds. The third-order valence-corrected chi connectivity index (χ3v) is 7.86. The van der Waals surface area contributed by atoms with E-state index < -0.39 is 19.3 Å². The van der Waals surface area contributed by atoms with Crippen LogP contribution < -0.4 is 10.1 Å². The van der Waals surface area contributed by atoms with Gasteiger partial charge in [0.05, 0.1) is 26.2 Å². The summed E-state index contributed by atoms with van der Waals surface area (Å²) in [6.07, 6.45) is 0.341. The Morgan fingerprint density at radius 1 is 0.939 bits per heavy atom. The quantitative estimate of drug-likeness (QED) is 0.354. The molecule has 3 rings (SSSR count). The summed E-state index contributed by atoms with van der Waals surface area (Å²) in [7, 11) is -1.94. The normalized spacial score (nSPS) is 13.5. The summed E-state index contributed by atoms with van der Waals surface area (Å²) in [5.74, 6) is -0.693. The number of hydrogen-bond donors (Lipinski definition) is 1. The molecule has 3 aromatic rings. The molecule has 0 unspecified atom stereocenters. The molecule has 176 valence electrons. The molecule has 3 aromatic carbocycles. The minimum Gasteiger partial charge on any atom is -0.497 e. The Labute approximate surface area is 195 Å². The number of fused-ring (bicyclic) bond motifs is 1. The molecule has 0 heterocycles. The van der Waals surface area contributed by atoms with Crippen LogP contribution in [0.5, 0.6) is 5.75 Å². The van der Waals surface area contributed by atoms with Crippen LogP contribution in [0, 0.1) is 0 Å². The summed E-state index contributed by atoms with van der Waals surface area (Å²) >= 11 is 0. The van der Waals surface area contributed by atoms with Crippen LogP contribution >= 0.6 is 7.60 Å². The van der Waals surface area contributed by atoms with Crippen molar-refractivity contribution >= 4 is 24.3 Å². The van der Waals surface area contributed by atoms with Gasteiger partial charge in [-0.25, -0.2) is 0 Å². The molecule has 6 nitrogen and oxygen atoms in total. The second kappa shape index (κ2) is 11.5. The summed E-state index contributed by atoms with van der Waals surface area (Å²) in [4.78, 5) is 13.3. The van der Waals surface area contributed by atoms with Gasteiger partial charge in [0.1, 0.15) is 11.5 Å². The Bertz CT molecular complexity index is 1110. The van der Waals surface area contributed by atoms with Crippen molar-refractivity contribution in [3.63, 3.8) is 0 Å². The summed E-state index contributed by atoms with van der Waals surface area (Å²) in [5, 5.41) is 5.02. The Morgan fingerprint density at radius 2 is 1.58 bits per heavy atom. The minimum absolute atomic E-state index is 0.224. The van der Waals surface area contributed by atoms with Crippen LogP contribution in [0.15, 0.2) is 66.7 Å². The van der Waals surface area contributed by atoms with Crippen LogP contribution in [0.4, 0.5) is 0 Å². The number of ether oxygens (including phenoxy) is 1. The van der Waals surface area contributed by atoms with E-state index in [2.05, 4.69) is 5.32 Å². The van der Waals surface area contributed by atoms with E-state index >= 15 is 0 Å². The van der Waals surface area contributed by atoms with Gasteiger partial charge in [-0.05, 0) is 54.8 Å². The smallest absolute Gasteiger partial charge is 0.353 e. The maximum Gasteiger partial charge on any atom is 0.353 e.